The Labute approximate surface area is 106 Å². The highest BCUT2D eigenvalue weighted by atomic mass is 19.3. The Morgan fingerprint density at radius 3 is 3.00 bits per heavy atom. The molecule has 0 saturated carbocycles. The zero-order valence-corrected chi connectivity index (χ0v) is 10.5. The van der Waals surface area contributed by atoms with E-state index in [-0.39, 0.29) is 5.56 Å². The van der Waals surface area contributed by atoms with E-state index < -0.39 is 6.43 Å². The van der Waals surface area contributed by atoms with Crippen molar-refractivity contribution < 1.29 is 13.5 Å². The average Bonchev–Trinajstić information content (AvgIpc) is 2.38. The molecule has 0 radical (unpaired) electrons. The number of ether oxygens (including phenoxy) is 1. The molecular weight excluding hydrogens is 236 g/mol. The van der Waals surface area contributed by atoms with E-state index in [9.17, 15) is 8.78 Å². The van der Waals surface area contributed by atoms with Crippen LogP contribution in [0.4, 0.5) is 8.78 Å². The molecule has 2 nitrogen and oxygen atoms in total. The fourth-order valence-electron chi connectivity index (χ4n) is 2.27. The Morgan fingerprint density at radius 2 is 2.28 bits per heavy atom. The highest BCUT2D eigenvalue weighted by Crippen LogP contribution is 2.20. The van der Waals surface area contributed by atoms with Crippen LogP contribution in [-0.2, 0) is 11.3 Å². The minimum absolute atomic E-state index is 0.0920. The van der Waals surface area contributed by atoms with Crippen molar-refractivity contribution in [3.8, 4) is 0 Å². The van der Waals surface area contributed by atoms with Crippen LogP contribution in [0.5, 0.6) is 0 Å². The van der Waals surface area contributed by atoms with Crippen LogP contribution < -0.4 is 5.32 Å². The van der Waals surface area contributed by atoms with Gasteiger partial charge in [-0.15, -0.1) is 0 Å². The minimum atomic E-state index is -2.40. The molecule has 2 rings (SSSR count). The Hall–Kier alpha value is -1.00. The fraction of sp³-hybridized carbons (Fsp3) is 0.571. The van der Waals surface area contributed by atoms with Gasteiger partial charge < -0.3 is 10.1 Å². The topological polar surface area (TPSA) is 21.3 Å². The van der Waals surface area contributed by atoms with Crippen LogP contribution in [-0.4, -0.2) is 19.3 Å². The normalized spacial score (nSPS) is 24.4. The van der Waals surface area contributed by atoms with Gasteiger partial charge in [-0.05, 0) is 24.0 Å². The summed E-state index contributed by atoms with van der Waals surface area (Å²) < 4.78 is 30.5. The second kappa shape index (κ2) is 6.25. The number of benzene rings is 1. The average molecular weight is 255 g/mol. The van der Waals surface area contributed by atoms with Gasteiger partial charge in [0, 0.05) is 24.8 Å². The summed E-state index contributed by atoms with van der Waals surface area (Å²) in [6, 6.07) is 7.01. The summed E-state index contributed by atoms with van der Waals surface area (Å²) >= 11 is 0. The van der Waals surface area contributed by atoms with Crippen molar-refractivity contribution in [2.24, 2.45) is 5.92 Å². The second-order valence-electron chi connectivity index (χ2n) is 4.87. The maximum atomic E-state index is 12.6. The summed E-state index contributed by atoms with van der Waals surface area (Å²) in [6.07, 6.45) is -1.41. The SMILES string of the molecule is CC1COCCC1NCc1cccc(C(F)F)c1. The molecule has 1 fully saturated rings. The van der Waals surface area contributed by atoms with Crippen LogP contribution in [0.15, 0.2) is 24.3 Å². The Bertz CT molecular complexity index is 384. The smallest absolute Gasteiger partial charge is 0.263 e. The van der Waals surface area contributed by atoms with Gasteiger partial charge in [0.1, 0.15) is 0 Å². The first kappa shape index (κ1) is 13.4. The Morgan fingerprint density at radius 1 is 1.44 bits per heavy atom. The van der Waals surface area contributed by atoms with Crippen molar-refractivity contribution in [3.05, 3.63) is 35.4 Å². The molecule has 4 heteroatoms. The fourth-order valence-corrected chi connectivity index (χ4v) is 2.27. The lowest BCUT2D eigenvalue weighted by Gasteiger charge is -2.29. The predicted molar refractivity (Wildman–Crippen MR) is 66.6 cm³/mol. The molecule has 1 N–H and O–H groups in total. The lowest BCUT2D eigenvalue weighted by atomic mass is 9.97. The highest BCUT2D eigenvalue weighted by Gasteiger charge is 2.21. The first-order valence-corrected chi connectivity index (χ1v) is 6.35. The maximum absolute atomic E-state index is 12.6. The van der Waals surface area contributed by atoms with Crippen LogP contribution in [0.1, 0.15) is 30.9 Å². The molecule has 1 aromatic carbocycles. The van der Waals surface area contributed by atoms with Gasteiger partial charge in [-0.1, -0.05) is 25.1 Å². The van der Waals surface area contributed by atoms with Gasteiger partial charge in [-0.25, -0.2) is 8.78 Å². The number of rotatable bonds is 4. The molecule has 1 aromatic rings. The third-order valence-corrected chi connectivity index (χ3v) is 3.41. The third kappa shape index (κ3) is 3.50. The summed E-state index contributed by atoms with van der Waals surface area (Å²) in [5.74, 6) is 0.469. The van der Waals surface area contributed by atoms with Crippen LogP contribution >= 0.6 is 0 Å². The molecular formula is C14H19F2NO. The van der Waals surface area contributed by atoms with E-state index in [1.807, 2.05) is 6.07 Å². The van der Waals surface area contributed by atoms with Gasteiger partial charge in [0.2, 0.25) is 0 Å². The molecule has 0 spiro atoms. The van der Waals surface area contributed by atoms with E-state index >= 15 is 0 Å². The summed E-state index contributed by atoms with van der Waals surface area (Å²) in [6.45, 7) is 4.33. The van der Waals surface area contributed by atoms with E-state index in [2.05, 4.69) is 12.2 Å². The molecule has 1 aliphatic rings. The largest absolute Gasteiger partial charge is 0.381 e. The first-order valence-electron chi connectivity index (χ1n) is 6.35. The lowest BCUT2D eigenvalue weighted by Crippen LogP contribution is -2.40. The van der Waals surface area contributed by atoms with Crippen LogP contribution in [0.25, 0.3) is 0 Å². The molecule has 1 saturated heterocycles. The van der Waals surface area contributed by atoms with Gasteiger partial charge in [0.15, 0.2) is 0 Å². The van der Waals surface area contributed by atoms with Crippen molar-refractivity contribution in [2.45, 2.75) is 32.4 Å². The third-order valence-electron chi connectivity index (χ3n) is 3.41. The van der Waals surface area contributed by atoms with Crippen molar-refractivity contribution in [1.82, 2.24) is 5.32 Å². The Balaban J connectivity index is 1.91. The summed E-state index contributed by atoms with van der Waals surface area (Å²) in [4.78, 5) is 0. The number of nitrogens with one attached hydrogen (secondary N) is 1. The second-order valence-corrected chi connectivity index (χ2v) is 4.87. The molecule has 100 valence electrons. The molecule has 1 aliphatic heterocycles. The molecule has 18 heavy (non-hydrogen) atoms. The number of hydrogen-bond donors (Lipinski definition) is 1. The van der Waals surface area contributed by atoms with Crippen molar-refractivity contribution in [2.75, 3.05) is 13.2 Å². The van der Waals surface area contributed by atoms with E-state index in [1.165, 1.54) is 6.07 Å². The molecule has 0 bridgehead atoms. The van der Waals surface area contributed by atoms with Crippen LogP contribution in [0.2, 0.25) is 0 Å². The molecule has 2 atom stereocenters. The molecule has 1 heterocycles. The van der Waals surface area contributed by atoms with Gasteiger partial charge in [-0.3, -0.25) is 0 Å². The van der Waals surface area contributed by atoms with E-state index in [0.717, 1.165) is 25.2 Å². The zero-order valence-electron chi connectivity index (χ0n) is 10.5. The van der Waals surface area contributed by atoms with E-state index in [0.29, 0.717) is 18.5 Å². The molecule has 2 unspecified atom stereocenters. The van der Waals surface area contributed by atoms with Crippen LogP contribution in [0, 0.1) is 5.92 Å². The number of hydrogen-bond acceptors (Lipinski definition) is 2. The number of alkyl halides is 2. The van der Waals surface area contributed by atoms with E-state index in [1.54, 1.807) is 12.1 Å². The Kier molecular flexibility index (Phi) is 4.66. The zero-order chi connectivity index (χ0) is 13.0. The maximum Gasteiger partial charge on any atom is 0.263 e. The van der Waals surface area contributed by atoms with E-state index in [4.69, 9.17) is 4.74 Å². The quantitative estimate of drug-likeness (QED) is 0.892. The molecule has 0 amide bonds. The van der Waals surface area contributed by atoms with Gasteiger partial charge in [0.05, 0.1) is 6.61 Å². The predicted octanol–water partition coefficient (Wildman–Crippen LogP) is 3.14. The van der Waals surface area contributed by atoms with Crippen molar-refractivity contribution >= 4 is 0 Å². The highest BCUT2D eigenvalue weighted by molar-refractivity contribution is 5.24. The van der Waals surface area contributed by atoms with Crippen molar-refractivity contribution in [1.29, 1.82) is 0 Å². The lowest BCUT2D eigenvalue weighted by molar-refractivity contribution is 0.0386. The number of halogens is 2. The summed E-state index contributed by atoms with van der Waals surface area (Å²) in [5.41, 5.74) is 1.00. The monoisotopic (exact) mass is 255 g/mol. The van der Waals surface area contributed by atoms with Crippen molar-refractivity contribution in [3.63, 3.8) is 0 Å². The van der Waals surface area contributed by atoms with Crippen LogP contribution in [0.3, 0.4) is 0 Å². The molecule has 0 aromatic heterocycles. The first-order chi connectivity index (χ1) is 8.66. The van der Waals surface area contributed by atoms with Gasteiger partial charge in [-0.2, -0.15) is 0 Å². The summed E-state index contributed by atoms with van der Waals surface area (Å²) in [7, 11) is 0. The summed E-state index contributed by atoms with van der Waals surface area (Å²) in [5, 5.41) is 3.43. The van der Waals surface area contributed by atoms with Gasteiger partial charge in [0.25, 0.3) is 6.43 Å². The standard InChI is InChI=1S/C14H19F2NO/c1-10-9-18-6-5-13(10)17-8-11-3-2-4-12(7-11)14(15)16/h2-4,7,10,13-14,17H,5-6,8-9H2,1H3. The minimum Gasteiger partial charge on any atom is -0.381 e. The van der Waals surface area contributed by atoms with Gasteiger partial charge >= 0.3 is 0 Å². The molecule has 0 aliphatic carbocycles.